The van der Waals surface area contributed by atoms with Crippen molar-refractivity contribution in [3.8, 4) is 0 Å². The van der Waals surface area contributed by atoms with E-state index in [-0.39, 0.29) is 32.1 Å². The maximum atomic E-state index is 10.3. The lowest BCUT2D eigenvalue weighted by Crippen LogP contribution is -2.65. The predicted molar refractivity (Wildman–Crippen MR) is 66.5 cm³/mol. The van der Waals surface area contributed by atoms with Crippen molar-refractivity contribution < 1.29 is 24.2 Å². The van der Waals surface area contributed by atoms with Crippen LogP contribution in [0, 0.1) is 5.92 Å². The van der Waals surface area contributed by atoms with E-state index < -0.39 is 12.4 Å². The molecule has 1 rings (SSSR count). The molecule has 0 amide bonds. The van der Waals surface area contributed by atoms with Crippen molar-refractivity contribution in [2.75, 3.05) is 34.9 Å². The van der Waals surface area contributed by atoms with Gasteiger partial charge in [-0.05, 0) is 0 Å². The summed E-state index contributed by atoms with van der Waals surface area (Å²) in [7, 11) is 7.55. The van der Waals surface area contributed by atoms with E-state index in [9.17, 15) is 10.2 Å². The first-order valence-electron chi connectivity index (χ1n) is 5.61. The van der Waals surface area contributed by atoms with Crippen molar-refractivity contribution in [3.05, 3.63) is 0 Å². The summed E-state index contributed by atoms with van der Waals surface area (Å²) in [5, 5.41) is 19.5. The maximum absolute atomic E-state index is 10.3. The van der Waals surface area contributed by atoms with Crippen LogP contribution in [0.2, 0.25) is 0 Å². The van der Waals surface area contributed by atoms with Crippen LogP contribution in [0.3, 0.4) is 0 Å². The Labute approximate surface area is 105 Å². The molecule has 1 fully saturated rings. The monoisotopic (exact) mass is 250 g/mol. The fourth-order valence-corrected chi connectivity index (χ4v) is 2.30. The lowest BCUT2D eigenvalue weighted by Gasteiger charge is -2.47. The van der Waals surface area contributed by atoms with Gasteiger partial charge < -0.3 is 24.2 Å². The van der Waals surface area contributed by atoms with E-state index in [4.69, 9.17) is 9.47 Å². The Morgan fingerprint density at radius 3 is 2.18 bits per heavy atom. The zero-order valence-electron chi connectivity index (χ0n) is 10.8. The Balaban J connectivity index is 0.00000256. The number of ether oxygens (including phenoxy) is 2. The van der Waals surface area contributed by atoms with Crippen LogP contribution >= 0.6 is 0 Å². The fraction of sp³-hybridized carbons (Fsp3) is 1.00. The molecular weight excluding hydrogens is 222 g/mol. The molecule has 1 heterocycles. The van der Waals surface area contributed by atoms with Crippen LogP contribution in [0.4, 0.5) is 0 Å². The van der Waals surface area contributed by atoms with Crippen LogP contribution in [0.5, 0.6) is 0 Å². The second kappa shape index (κ2) is 6.11. The second-order valence-corrected chi connectivity index (χ2v) is 5.42. The largest absolute Gasteiger partial charge is 0.394 e. The number of aliphatic hydroxyl groups excluding tert-OH is 2. The summed E-state index contributed by atoms with van der Waals surface area (Å²) < 4.78 is 11.5. The average Bonchev–Trinajstić information content (AvgIpc) is 2.19. The second-order valence-electron chi connectivity index (χ2n) is 5.42. The Kier molecular flexibility index (Phi) is 6.04. The number of methoxy groups -OCH3 is 1. The van der Waals surface area contributed by atoms with Gasteiger partial charge in [-0.2, -0.15) is 0 Å². The Morgan fingerprint density at radius 1 is 1.29 bits per heavy atom. The molecule has 1 aliphatic heterocycles. The number of hydrogen-bond acceptors (Lipinski definition) is 4. The molecule has 0 radical (unpaired) electrons. The third-order valence-corrected chi connectivity index (χ3v) is 3.37. The van der Waals surface area contributed by atoms with E-state index in [1.54, 1.807) is 7.11 Å². The van der Waals surface area contributed by atoms with Gasteiger partial charge in [-0.25, -0.2) is 0 Å². The van der Waals surface area contributed by atoms with Crippen molar-refractivity contribution in [3.63, 3.8) is 0 Å². The van der Waals surface area contributed by atoms with Crippen molar-refractivity contribution in [2.24, 2.45) is 5.92 Å². The molecule has 5 atom stereocenters. The van der Waals surface area contributed by atoms with Gasteiger partial charge in [0.1, 0.15) is 6.10 Å². The Morgan fingerprint density at radius 2 is 1.82 bits per heavy atom. The third-order valence-electron chi connectivity index (χ3n) is 3.37. The molecule has 0 aliphatic carbocycles. The normalized spacial score (nSPS) is 38.6. The van der Waals surface area contributed by atoms with Gasteiger partial charge in [0.2, 0.25) is 6.29 Å². The van der Waals surface area contributed by atoms with Crippen molar-refractivity contribution in [1.82, 2.24) is 0 Å². The molecule has 2 unspecified atom stereocenters. The minimum atomic E-state index is -0.546. The standard InChI is InChI=1S/C11H24NO4.CH4/c1-7-8(6-13)16-11(15-5)9(10(7)14)12(2,3)4;/h7-11,13-14H,6H2,1-5H3;1H4/q+1;/t7-,8?,9?,10+,11-;/m1./s1. The first-order chi connectivity index (χ1) is 7.32. The molecule has 1 aliphatic rings. The minimum absolute atomic E-state index is 0. The minimum Gasteiger partial charge on any atom is -0.394 e. The zero-order chi connectivity index (χ0) is 12.5. The number of aliphatic hydroxyl groups is 2. The molecule has 17 heavy (non-hydrogen) atoms. The highest BCUT2D eigenvalue weighted by molar-refractivity contribution is 4.87. The quantitative estimate of drug-likeness (QED) is 0.695. The highest BCUT2D eigenvalue weighted by atomic mass is 16.7. The van der Waals surface area contributed by atoms with Gasteiger partial charge in [-0.3, -0.25) is 0 Å². The molecular formula is C12H28NO4+. The molecule has 0 spiro atoms. The highest BCUT2D eigenvalue weighted by Crippen LogP contribution is 2.30. The first-order valence-corrected chi connectivity index (χ1v) is 5.61. The van der Waals surface area contributed by atoms with Crippen molar-refractivity contribution >= 4 is 0 Å². The van der Waals surface area contributed by atoms with E-state index in [2.05, 4.69) is 0 Å². The molecule has 5 heteroatoms. The summed E-state index contributed by atoms with van der Waals surface area (Å²) in [6, 6.07) is -0.150. The molecule has 104 valence electrons. The number of nitrogens with zero attached hydrogens (tertiary/aromatic N) is 1. The van der Waals surface area contributed by atoms with Crippen molar-refractivity contribution in [2.45, 2.75) is 38.9 Å². The van der Waals surface area contributed by atoms with Gasteiger partial charge in [-0.15, -0.1) is 0 Å². The molecule has 0 aromatic rings. The smallest absolute Gasteiger partial charge is 0.213 e. The summed E-state index contributed by atoms with van der Waals surface area (Å²) in [5.41, 5.74) is 0. The Hall–Kier alpha value is -0.200. The van der Waals surface area contributed by atoms with Gasteiger partial charge in [-0.1, -0.05) is 14.4 Å². The van der Waals surface area contributed by atoms with Crippen LogP contribution in [0.15, 0.2) is 0 Å². The molecule has 0 aromatic heterocycles. The molecule has 0 aromatic carbocycles. The summed E-state index contributed by atoms with van der Waals surface area (Å²) in [6.07, 6.45) is -1.39. The van der Waals surface area contributed by atoms with Gasteiger partial charge in [0.15, 0.2) is 6.04 Å². The van der Waals surface area contributed by atoms with Gasteiger partial charge in [0.05, 0.1) is 33.9 Å². The van der Waals surface area contributed by atoms with E-state index >= 15 is 0 Å². The van der Waals surface area contributed by atoms with Crippen LogP contribution < -0.4 is 0 Å². The fourth-order valence-electron chi connectivity index (χ4n) is 2.30. The van der Waals surface area contributed by atoms with Crippen LogP contribution in [0.1, 0.15) is 14.4 Å². The van der Waals surface area contributed by atoms with Gasteiger partial charge in [0.25, 0.3) is 0 Å². The van der Waals surface area contributed by atoms with Crippen LogP contribution in [-0.2, 0) is 9.47 Å². The molecule has 0 bridgehead atoms. The number of likely N-dealkylation sites (N-methyl/N-ethyl adjacent to an activating group) is 1. The molecule has 1 saturated heterocycles. The van der Waals surface area contributed by atoms with Gasteiger partial charge in [0, 0.05) is 13.0 Å². The number of hydrogen-bond donors (Lipinski definition) is 2. The maximum Gasteiger partial charge on any atom is 0.213 e. The van der Waals surface area contributed by atoms with E-state index in [1.807, 2.05) is 28.1 Å². The average molecular weight is 250 g/mol. The molecule has 0 saturated carbocycles. The van der Waals surface area contributed by atoms with E-state index in [0.717, 1.165) is 0 Å². The topological polar surface area (TPSA) is 58.9 Å². The summed E-state index contributed by atoms with van der Waals surface area (Å²) in [5.74, 6) is -0.0984. The summed E-state index contributed by atoms with van der Waals surface area (Å²) in [6.45, 7) is 1.79. The highest BCUT2D eigenvalue weighted by Gasteiger charge is 2.49. The lowest BCUT2D eigenvalue weighted by molar-refractivity contribution is -0.909. The van der Waals surface area contributed by atoms with E-state index in [0.29, 0.717) is 4.48 Å². The number of rotatable bonds is 3. The summed E-state index contributed by atoms with van der Waals surface area (Å²) in [4.78, 5) is 0. The van der Waals surface area contributed by atoms with Gasteiger partial charge >= 0.3 is 0 Å². The Bertz CT molecular complexity index is 227. The third kappa shape index (κ3) is 3.39. The van der Waals surface area contributed by atoms with Crippen LogP contribution in [0.25, 0.3) is 0 Å². The predicted octanol–water partition coefficient (Wildman–Crippen LogP) is 0.0579. The first kappa shape index (κ1) is 16.8. The lowest BCUT2D eigenvalue weighted by atomic mass is 9.88. The summed E-state index contributed by atoms with van der Waals surface area (Å²) >= 11 is 0. The van der Waals surface area contributed by atoms with Crippen LogP contribution in [-0.4, -0.2) is 74.1 Å². The number of quaternary nitrogens is 1. The molecule has 2 N–H and O–H groups in total. The SMILES string of the molecule is C.CO[C@@H]1OC(CO)[C@@H](C)[C@H](O)C1[N+](C)(C)C. The zero-order valence-corrected chi connectivity index (χ0v) is 10.8. The van der Waals surface area contributed by atoms with Crippen molar-refractivity contribution in [1.29, 1.82) is 0 Å². The molecule has 5 nitrogen and oxygen atoms in total. The van der Waals surface area contributed by atoms with E-state index in [1.165, 1.54) is 0 Å².